The fourth-order valence-electron chi connectivity index (χ4n) is 3.29. The molecule has 0 radical (unpaired) electrons. The van der Waals surface area contributed by atoms with Gasteiger partial charge in [-0.15, -0.1) is 0 Å². The van der Waals surface area contributed by atoms with E-state index in [1.54, 1.807) is 7.11 Å². The SMILES string of the molecule is COc1ccc(CCC(=O)N(Cc2ccccc2)CC2CCCO2)cc1. The summed E-state index contributed by atoms with van der Waals surface area (Å²) in [5.41, 5.74) is 2.30. The molecular weight excluding hydrogens is 326 g/mol. The molecule has 2 aromatic rings. The highest BCUT2D eigenvalue weighted by molar-refractivity contribution is 5.76. The number of hydrogen-bond donors (Lipinski definition) is 0. The Morgan fingerprint density at radius 1 is 1.12 bits per heavy atom. The van der Waals surface area contributed by atoms with Gasteiger partial charge in [-0.3, -0.25) is 4.79 Å². The van der Waals surface area contributed by atoms with Crippen molar-refractivity contribution < 1.29 is 14.3 Å². The lowest BCUT2D eigenvalue weighted by Crippen LogP contribution is -2.37. The Morgan fingerprint density at radius 3 is 2.54 bits per heavy atom. The first-order valence-electron chi connectivity index (χ1n) is 9.31. The van der Waals surface area contributed by atoms with Gasteiger partial charge in [0.05, 0.1) is 13.2 Å². The lowest BCUT2D eigenvalue weighted by molar-refractivity contribution is -0.133. The summed E-state index contributed by atoms with van der Waals surface area (Å²) in [5, 5.41) is 0. The summed E-state index contributed by atoms with van der Waals surface area (Å²) in [7, 11) is 1.66. The molecule has 138 valence electrons. The summed E-state index contributed by atoms with van der Waals surface area (Å²) >= 11 is 0. The second-order valence-electron chi connectivity index (χ2n) is 6.74. The number of amides is 1. The summed E-state index contributed by atoms with van der Waals surface area (Å²) in [6, 6.07) is 18.1. The molecule has 3 rings (SSSR count). The van der Waals surface area contributed by atoms with Crippen LogP contribution < -0.4 is 4.74 Å². The minimum Gasteiger partial charge on any atom is -0.497 e. The van der Waals surface area contributed by atoms with E-state index >= 15 is 0 Å². The monoisotopic (exact) mass is 353 g/mol. The van der Waals surface area contributed by atoms with E-state index < -0.39 is 0 Å². The summed E-state index contributed by atoms with van der Waals surface area (Å²) < 4.78 is 10.9. The molecule has 4 heteroatoms. The topological polar surface area (TPSA) is 38.8 Å². The number of methoxy groups -OCH3 is 1. The van der Waals surface area contributed by atoms with Gasteiger partial charge in [0.2, 0.25) is 5.91 Å². The molecule has 1 fully saturated rings. The number of carbonyl (C=O) groups is 1. The van der Waals surface area contributed by atoms with Gasteiger partial charge in [-0.2, -0.15) is 0 Å². The second-order valence-corrected chi connectivity index (χ2v) is 6.74. The molecule has 1 unspecified atom stereocenters. The second kappa shape index (κ2) is 9.39. The fraction of sp³-hybridized carbons (Fsp3) is 0.409. The van der Waals surface area contributed by atoms with Crippen LogP contribution in [0.15, 0.2) is 54.6 Å². The normalized spacial score (nSPS) is 16.4. The molecule has 1 atom stereocenters. The highest BCUT2D eigenvalue weighted by Crippen LogP contribution is 2.17. The summed E-state index contributed by atoms with van der Waals surface area (Å²) in [5.74, 6) is 1.02. The molecule has 0 aromatic heterocycles. The smallest absolute Gasteiger partial charge is 0.223 e. The molecule has 0 N–H and O–H groups in total. The van der Waals surface area contributed by atoms with Gasteiger partial charge in [0.25, 0.3) is 0 Å². The van der Waals surface area contributed by atoms with Crippen LogP contribution in [0.5, 0.6) is 5.75 Å². The number of ether oxygens (including phenoxy) is 2. The predicted octanol–water partition coefficient (Wildman–Crippen LogP) is 3.84. The molecule has 0 spiro atoms. The third kappa shape index (κ3) is 5.33. The molecule has 26 heavy (non-hydrogen) atoms. The molecule has 1 aliphatic heterocycles. The molecule has 2 aromatic carbocycles. The van der Waals surface area contributed by atoms with Crippen molar-refractivity contribution in [3.63, 3.8) is 0 Å². The molecule has 0 aliphatic carbocycles. The van der Waals surface area contributed by atoms with Gasteiger partial charge in [-0.1, -0.05) is 42.5 Å². The zero-order valence-corrected chi connectivity index (χ0v) is 15.4. The number of aryl methyl sites for hydroxylation is 1. The summed E-state index contributed by atoms with van der Waals surface area (Å²) in [6.07, 6.45) is 3.54. The van der Waals surface area contributed by atoms with Crippen molar-refractivity contribution in [1.82, 2.24) is 4.90 Å². The Hall–Kier alpha value is -2.33. The molecule has 1 heterocycles. The Morgan fingerprint density at radius 2 is 1.88 bits per heavy atom. The van der Waals surface area contributed by atoms with Gasteiger partial charge in [0, 0.05) is 26.1 Å². The lowest BCUT2D eigenvalue weighted by Gasteiger charge is -2.26. The minimum absolute atomic E-state index is 0.170. The van der Waals surface area contributed by atoms with Gasteiger partial charge < -0.3 is 14.4 Å². The van der Waals surface area contributed by atoms with Gasteiger partial charge in [0.15, 0.2) is 0 Å². The van der Waals surface area contributed by atoms with Crippen LogP contribution in [0, 0.1) is 0 Å². The third-order valence-corrected chi connectivity index (χ3v) is 4.80. The highest BCUT2D eigenvalue weighted by Gasteiger charge is 2.22. The van der Waals surface area contributed by atoms with Gasteiger partial charge in [0.1, 0.15) is 5.75 Å². The number of nitrogens with zero attached hydrogens (tertiary/aromatic N) is 1. The largest absolute Gasteiger partial charge is 0.497 e. The predicted molar refractivity (Wildman–Crippen MR) is 102 cm³/mol. The maximum absolute atomic E-state index is 12.9. The Bertz CT molecular complexity index is 678. The lowest BCUT2D eigenvalue weighted by atomic mass is 10.1. The average molecular weight is 353 g/mol. The Labute approximate surface area is 155 Å². The first-order valence-corrected chi connectivity index (χ1v) is 9.31. The van der Waals surface area contributed by atoms with Crippen LogP contribution in [-0.2, 0) is 22.5 Å². The van der Waals surface area contributed by atoms with Crippen LogP contribution in [0.1, 0.15) is 30.4 Å². The van der Waals surface area contributed by atoms with E-state index in [0.717, 1.165) is 42.7 Å². The van der Waals surface area contributed by atoms with E-state index in [-0.39, 0.29) is 12.0 Å². The summed E-state index contributed by atoms with van der Waals surface area (Å²) in [6.45, 7) is 2.13. The minimum atomic E-state index is 0.170. The van der Waals surface area contributed by atoms with Gasteiger partial charge in [-0.25, -0.2) is 0 Å². The fourth-order valence-corrected chi connectivity index (χ4v) is 3.29. The molecule has 1 saturated heterocycles. The van der Waals surface area contributed by atoms with E-state index in [9.17, 15) is 4.79 Å². The van der Waals surface area contributed by atoms with Crippen LogP contribution in [0.3, 0.4) is 0 Å². The number of carbonyl (C=O) groups excluding carboxylic acids is 1. The van der Waals surface area contributed by atoms with Crippen LogP contribution in [-0.4, -0.2) is 37.2 Å². The standard InChI is InChI=1S/C22H27NO3/c1-25-20-12-9-18(10-13-20)11-14-22(24)23(17-21-8-5-15-26-21)16-19-6-3-2-4-7-19/h2-4,6-7,9-10,12-13,21H,5,8,11,14-17H2,1H3. The Kier molecular flexibility index (Phi) is 6.67. The van der Waals surface area contributed by atoms with Gasteiger partial charge in [-0.05, 0) is 42.5 Å². The maximum Gasteiger partial charge on any atom is 0.223 e. The highest BCUT2D eigenvalue weighted by atomic mass is 16.5. The molecular formula is C22H27NO3. The van der Waals surface area contributed by atoms with E-state index in [2.05, 4.69) is 12.1 Å². The first-order chi connectivity index (χ1) is 12.7. The van der Waals surface area contributed by atoms with Crippen molar-refractivity contribution in [3.8, 4) is 5.75 Å². The average Bonchev–Trinajstić information content (AvgIpc) is 3.20. The molecule has 0 saturated carbocycles. The zero-order chi connectivity index (χ0) is 18.2. The maximum atomic E-state index is 12.9. The first kappa shape index (κ1) is 18.5. The number of benzene rings is 2. The van der Waals surface area contributed by atoms with E-state index in [1.165, 1.54) is 0 Å². The number of rotatable bonds is 8. The van der Waals surface area contributed by atoms with Crippen LogP contribution in [0.2, 0.25) is 0 Å². The van der Waals surface area contributed by atoms with Crippen molar-refractivity contribution in [2.75, 3.05) is 20.3 Å². The molecule has 4 nitrogen and oxygen atoms in total. The van der Waals surface area contributed by atoms with Crippen molar-refractivity contribution in [2.45, 2.75) is 38.3 Å². The van der Waals surface area contributed by atoms with Crippen molar-refractivity contribution in [1.29, 1.82) is 0 Å². The van der Waals surface area contributed by atoms with Crippen LogP contribution >= 0.6 is 0 Å². The molecule has 0 bridgehead atoms. The van der Waals surface area contributed by atoms with Gasteiger partial charge >= 0.3 is 0 Å². The molecule has 1 aliphatic rings. The van der Waals surface area contributed by atoms with Crippen LogP contribution in [0.25, 0.3) is 0 Å². The zero-order valence-electron chi connectivity index (χ0n) is 15.4. The van der Waals surface area contributed by atoms with Crippen LogP contribution in [0.4, 0.5) is 0 Å². The summed E-state index contributed by atoms with van der Waals surface area (Å²) in [4.78, 5) is 14.8. The molecule has 1 amide bonds. The van der Waals surface area contributed by atoms with Crippen molar-refractivity contribution in [3.05, 3.63) is 65.7 Å². The number of hydrogen-bond acceptors (Lipinski definition) is 3. The van der Waals surface area contributed by atoms with E-state index in [4.69, 9.17) is 9.47 Å². The van der Waals surface area contributed by atoms with Crippen molar-refractivity contribution >= 4 is 5.91 Å². The quantitative estimate of drug-likeness (QED) is 0.724. The van der Waals surface area contributed by atoms with E-state index in [1.807, 2.05) is 47.4 Å². The Balaban J connectivity index is 1.60. The van der Waals surface area contributed by atoms with Crippen molar-refractivity contribution in [2.24, 2.45) is 0 Å². The third-order valence-electron chi connectivity index (χ3n) is 4.80. The van der Waals surface area contributed by atoms with E-state index in [0.29, 0.717) is 19.5 Å².